The Morgan fingerprint density at radius 3 is 2.67 bits per heavy atom. The third kappa shape index (κ3) is 4.93. The quantitative estimate of drug-likeness (QED) is 0.334. The van der Waals surface area contributed by atoms with Crippen molar-refractivity contribution in [2.24, 2.45) is 7.05 Å². The van der Waals surface area contributed by atoms with Gasteiger partial charge in [0.05, 0.1) is 35.9 Å². The Hall–Kier alpha value is -4.37. The Bertz CT molecular complexity index is 1680. The lowest BCUT2D eigenvalue weighted by Crippen LogP contribution is -2.28. The van der Waals surface area contributed by atoms with E-state index in [1.54, 1.807) is 18.3 Å². The Balaban J connectivity index is 1.69. The Labute approximate surface area is 219 Å². The number of hydrogen-bond acceptors (Lipinski definition) is 7. The van der Waals surface area contributed by atoms with Crippen LogP contribution in [0.1, 0.15) is 47.5 Å². The first-order chi connectivity index (χ1) is 18.6. The normalized spacial score (nSPS) is 17.7. The van der Waals surface area contributed by atoms with Crippen LogP contribution in [0.4, 0.5) is 17.6 Å². The highest BCUT2D eigenvalue weighted by Gasteiger charge is 2.37. The van der Waals surface area contributed by atoms with Gasteiger partial charge >= 0.3 is 6.18 Å². The minimum absolute atomic E-state index is 0.0246. The summed E-state index contributed by atoms with van der Waals surface area (Å²) in [6.07, 6.45) is -2.74. The molecule has 1 aliphatic rings. The number of alkyl halides is 3. The molecule has 200 valence electrons. The molecule has 0 radical (unpaired) electrons. The molecule has 0 unspecified atom stereocenters. The van der Waals surface area contributed by atoms with Gasteiger partial charge in [0.1, 0.15) is 11.3 Å². The summed E-state index contributed by atoms with van der Waals surface area (Å²) in [4.78, 5) is 25.6. The van der Waals surface area contributed by atoms with Crippen LogP contribution in [-0.4, -0.2) is 33.2 Å². The number of benzene rings is 1. The molecule has 4 heterocycles. The Morgan fingerprint density at radius 1 is 1.18 bits per heavy atom. The summed E-state index contributed by atoms with van der Waals surface area (Å²) in [5, 5.41) is 8.99. The minimum Gasteiger partial charge on any atom is -0.481 e. The van der Waals surface area contributed by atoms with Crippen LogP contribution in [0.5, 0.6) is 5.88 Å². The van der Waals surface area contributed by atoms with Crippen molar-refractivity contribution in [2.75, 3.05) is 13.7 Å². The summed E-state index contributed by atoms with van der Waals surface area (Å²) >= 11 is 0. The van der Waals surface area contributed by atoms with Gasteiger partial charge in [0, 0.05) is 43.1 Å². The molecule has 2 atom stereocenters. The van der Waals surface area contributed by atoms with Gasteiger partial charge in [-0.3, -0.25) is 14.3 Å². The molecule has 39 heavy (non-hydrogen) atoms. The molecule has 3 aromatic heterocycles. The van der Waals surface area contributed by atoms with E-state index in [0.29, 0.717) is 35.6 Å². The van der Waals surface area contributed by atoms with E-state index in [9.17, 15) is 18.0 Å². The van der Waals surface area contributed by atoms with Gasteiger partial charge in [-0.25, -0.2) is 14.4 Å². The molecule has 1 aromatic carbocycles. The molecular weight excluding hydrogens is 518 g/mol. The second-order valence-electron chi connectivity index (χ2n) is 9.11. The molecule has 1 fully saturated rings. The monoisotopic (exact) mass is 539 g/mol. The molecule has 1 saturated heterocycles. The van der Waals surface area contributed by atoms with E-state index in [2.05, 4.69) is 15.0 Å². The van der Waals surface area contributed by atoms with Gasteiger partial charge < -0.3 is 9.47 Å². The second-order valence-corrected chi connectivity index (χ2v) is 9.11. The van der Waals surface area contributed by atoms with E-state index in [1.165, 1.54) is 25.3 Å². The predicted octanol–water partition coefficient (Wildman–Crippen LogP) is 5.06. The molecule has 0 bridgehead atoms. The van der Waals surface area contributed by atoms with E-state index in [1.807, 2.05) is 6.07 Å². The van der Waals surface area contributed by atoms with E-state index in [-0.39, 0.29) is 39.7 Å². The van der Waals surface area contributed by atoms with Crippen molar-refractivity contribution in [3.05, 3.63) is 81.4 Å². The SMILES string of the molecule is COc1cc([C@@H]2C[C@H](c3cc4c(=O)n(C)c(C(F)(F)F)nc4c(-c4ccc(C#N)cc4F)n3)CCO2)ccn1. The first-order valence-corrected chi connectivity index (χ1v) is 11.9. The van der Waals surface area contributed by atoms with Crippen LogP contribution in [0.3, 0.4) is 0 Å². The van der Waals surface area contributed by atoms with Crippen LogP contribution in [-0.2, 0) is 18.0 Å². The van der Waals surface area contributed by atoms with Crippen molar-refractivity contribution in [3.8, 4) is 23.2 Å². The number of nitriles is 1. The number of pyridine rings is 2. The van der Waals surface area contributed by atoms with Gasteiger partial charge in [0.25, 0.3) is 5.56 Å². The fraction of sp³-hybridized carbons (Fsp3) is 0.296. The number of rotatable bonds is 4. The van der Waals surface area contributed by atoms with Crippen molar-refractivity contribution in [3.63, 3.8) is 0 Å². The van der Waals surface area contributed by atoms with Crippen molar-refractivity contribution < 1.29 is 27.0 Å². The van der Waals surface area contributed by atoms with E-state index in [0.717, 1.165) is 18.7 Å². The first-order valence-electron chi connectivity index (χ1n) is 11.9. The average molecular weight is 539 g/mol. The number of aromatic nitrogens is 4. The summed E-state index contributed by atoms with van der Waals surface area (Å²) in [7, 11) is 2.49. The summed E-state index contributed by atoms with van der Waals surface area (Å²) in [6.45, 7) is 0.351. The van der Waals surface area contributed by atoms with Crippen LogP contribution >= 0.6 is 0 Å². The van der Waals surface area contributed by atoms with Gasteiger partial charge in [-0.15, -0.1) is 0 Å². The van der Waals surface area contributed by atoms with Gasteiger partial charge in [-0.05, 0) is 48.7 Å². The van der Waals surface area contributed by atoms with Crippen molar-refractivity contribution in [1.29, 1.82) is 5.26 Å². The van der Waals surface area contributed by atoms with Crippen LogP contribution in [0.15, 0.2) is 47.4 Å². The number of fused-ring (bicyclic) bond motifs is 1. The lowest BCUT2D eigenvalue weighted by molar-refractivity contribution is -0.147. The number of halogens is 4. The van der Waals surface area contributed by atoms with E-state index in [4.69, 9.17) is 14.7 Å². The minimum atomic E-state index is -4.93. The molecule has 8 nitrogen and oxygen atoms in total. The van der Waals surface area contributed by atoms with Gasteiger partial charge in [0.15, 0.2) is 0 Å². The summed E-state index contributed by atoms with van der Waals surface area (Å²) < 4.78 is 67.9. The number of ether oxygens (including phenoxy) is 2. The maximum Gasteiger partial charge on any atom is 0.449 e. The fourth-order valence-corrected chi connectivity index (χ4v) is 4.75. The highest BCUT2D eigenvalue weighted by molar-refractivity contribution is 5.91. The van der Waals surface area contributed by atoms with E-state index < -0.39 is 23.4 Å². The van der Waals surface area contributed by atoms with Gasteiger partial charge in [0.2, 0.25) is 11.7 Å². The first kappa shape index (κ1) is 26.2. The maximum atomic E-state index is 15.1. The Morgan fingerprint density at radius 2 is 1.97 bits per heavy atom. The molecule has 0 saturated carbocycles. The van der Waals surface area contributed by atoms with Crippen LogP contribution in [0.25, 0.3) is 22.2 Å². The van der Waals surface area contributed by atoms with Crippen LogP contribution in [0.2, 0.25) is 0 Å². The zero-order valence-corrected chi connectivity index (χ0v) is 20.8. The molecule has 0 aliphatic carbocycles. The van der Waals surface area contributed by atoms with Gasteiger partial charge in [-0.2, -0.15) is 18.4 Å². The molecule has 0 amide bonds. The number of methoxy groups -OCH3 is 1. The van der Waals surface area contributed by atoms with Crippen molar-refractivity contribution >= 4 is 10.9 Å². The van der Waals surface area contributed by atoms with Gasteiger partial charge in [-0.1, -0.05) is 0 Å². The highest BCUT2D eigenvalue weighted by atomic mass is 19.4. The largest absolute Gasteiger partial charge is 0.481 e. The zero-order valence-electron chi connectivity index (χ0n) is 20.8. The molecule has 12 heteroatoms. The third-order valence-electron chi connectivity index (χ3n) is 6.73. The lowest BCUT2D eigenvalue weighted by Gasteiger charge is -2.30. The summed E-state index contributed by atoms with van der Waals surface area (Å²) in [6, 6.07) is 10.3. The molecular formula is C27H21F4N5O3. The maximum absolute atomic E-state index is 15.1. The molecule has 0 N–H and O–H groups in total. The molecule has 0 spiro atoms. The number of hydrogen-bond donors (Lipinski definition) is 0. The predicted molar refractivity (Wildman–Crippen MR) is 131 cm³/mol. The van der Waals surface area contributed by atoms with Crippen molar-refractivity contribution in [2.45, 2.75) is 31.0 Å². The standard InChI is InChI=1S/C27H21F4N5O3/c1-36-25(37)18-12-20(15-6-8-39-21(10-15)16-5-7-33-22(11-16)38-2)34-23(24(18)35-26(36)27(29,30)31)17-4-3-14(13-32)9-19(17)28/h3-5,7,9,11-12,15,21H,6,8,10H2,1-2H3/t15-,21+/m1/s1. The van der Waals surface area contributed by atoms with Crippen LogP contribution in [0, 0.1) is 17.1 Å². The molecule has 5 rings (SSSR count). The third-order valence-corrected chi connectivity index (χ3v) is 6.73. The second kappa shape index (κ2) is 10.1. The highest BCUT2D eigenvalue weighted by Crippen LogP contribution is 2.40. The smallest absolute Gasteiger partial charge is 0.449 e. The molecule has 1 aliphatic heterocycles. The fourth-order valence-electron chi connectivity index (χ4n) is 4.75. The van der Waals surface area contributed by atoms with Crippen LogP contribution < -0.4 is 10.3 Å². The summed E-state index contributed by atoms with van der Waals surface area (Å²) in [5.41, 5.74) is -0.448. The average Bonchev–Trinajstić information content (AvgIpc) is 2.94. The topological polar surface area (TPSA) is 103 Å². The van der Waals surface area contributed by atoms with E-state index >= 15 is 4.39 Å². The summed E-state index contributed by atoms with van der Waals surface area (Å²) in [5.74, 6) is -2.15. The zero-order chi connectivity index (χ0) is 27.9. The lowest BCUT2D eigenvalue weighted by atomic mass is 9.88. The Kier molecular flexibility index (Phi) is 6.78. The number of nitrogens with zero attached hydrogens (tertiary/aromatic N) is 5. The van der Waals surface area contributed by atoms with Crippen molar-refractivity contribution in [1.82, 2.24) is 19.5 Å². The molecule has 4 aromatic rings.